The van der Waals surface area contributed by atoms with Crippen molar-refractivity contribution in [1.82, 2.24) is 5.32 Å². The zero-order valence-corrected chi connectivity index (χ0v) is 8.99. The van der Waals surface area contributed by atoms with Crippen LogP contribution in [0.15, 0.2) is 0 Å². The summed E-state index contributed by atoms with van der Waals surface area (Å²) in [5.74, 6) is -2.96. The third-order valence-electron chi connectivity index (χ3n) is 1.91. The fourth-order valence-electron chi connectivity index (χ4n) is 1.13. The fourth-order valence-corrected chi connectivity index (χ4v) is 1.13. The average molecular weight is 217 g/mol. The van der Waals surface area contributed by atoms with Crippen LogP contribution in [-0.2, 0) is 19.1 Å². The van der Waals surface area contributed by atoms with Crippen molar-refractivity contribution < 1.29 is 24.2 Å². The molecule has 0 aromatic heterocycles. The van der Waals surface area contributed by atoms with Gasteiger partial charge in [0.05, 0.1) is 6.61 Å². The van der Waals surface area contributed by atoms with E-state index >= 15 is 0 Å². The molecule has 1 amide bonds. The summed E-state index contributed by atoms with van der Waals surface area (Å²) in [7, 11) is 0. The Morgan fingerprint density at radius 1 is 1.33 bits per heavy atom. The first kappa shape index (κ1) is 13.4. The van der Waals surface area contributed by atoms with Gasteiger partial charge in [-0.05, 0) is 13.3 Å². The quantitative estimate of drug-likeness (QED) is 0.496. The first-order valence-electron chi connectivity index (χ1n) is 4.60. The second-order valence-corrected chi connectivity index (χ2v) is 2.97. The third kappa shape index (κ3) is 2.93. The summed E-state index contributed by atoms with van der Waals surface area (Å²) in [6, 6.07) is 0. The van der Waals surface area contributed by atoms with Crippen LogP contribution in [0.1, 0.15) is 27.2 Å². The average Bonchev–Trinajstić information content (AvgIpc) is 2.13. The third-order valence-corrected chi connectivity index (χ3v) is 1.91. The van der Waals surface area contributed by atoms with E-state index in [1.165, 1.54) is 6.92 Å². The molecule has 2 N–H and O–H groups in total. The largest absolute Gasteiger partial charge is 0.479 e. The van der Waals surface area contributed by atoms with Crippen LogP contribution in [0, 0.1) is 0 Å². The summed E-state index contributed by atoms with van der Waals surface area (Å²) in [5.41, 5.74) is -1.97. The molecule has 6 heteroatoms. The number of carboxylic acids is 1. The highest BCUT2D eigenvalue weighted by Crippen LogP contribution is 2.13. The number of ether oxygens (including phenoxy) is 1. The van der Waals surface area contributed by atoms with Gasteiger partial charge in [-0.3, -0.25) is 4.79 Å². The predicted octanol–water partition coefficient (Wildman–Crippen LogP) is -0.0810. The first-order valence-corrected chi connectivity index (χ1v) is 4.60. The van der Waals surface area contributed by atoms with Crippen LogP contribution in [0.5, 0.6) is 0 Å². The standard InChI is InChI=1S/C9H15NO5/c1-4-9(7(12)13,10-6(3)11)8(14)15-5-2/h4-5H2,1-3H3,(H,10,11)(H,12,13). The molecule has 0 radical (unpaired) electrons. The lowest BCUT2D eigenvalue weighted by molar-refractivity contribution is -0.165. The maximum Gasteiger partial charge on any atom is 0.343 e. The Bertz CT molecular complexity index is 276. The van der Waals surface area contributed by atoms with Gasteiger partial charge in [-0.1, -0.05) is 6.92 Å². The number of esters is 1. The lowest BCUT2D eigenvalue weighted by atomic mass is 9.96. The Hall–Kier alpha value is -1.59. The number of hydrogen-bond donors (Lipinski definition) is 2. The highest BCUT2D eigenvalue weighted by Gasteiger charge is 2.47. The molecule has 0 fully saturated rings. The normalized spacial score (nSPS) is 13.8. The molecule has 0 spiro atoms. The Balaban J connectivity index is 5.05. The Labute approximate surface area is 87.6 Å². The van der Waals surface area contributed by atoms with Gasteiger partial charge in [0.15, 0.2) is 0 Å². The minimum Gasteiger partial charge on any atom is -0.479 e. The van der Waals surface area contributed by atoms with Crippen molar-refractivity contribution in [1.29, 1.82) is 0 Å². The molecule has 6 nitrogen and oxygen atoms in total. The SMILES string of the molecule is CCOC(=O)C(CC)(NC(C)=O)C(=O)O. The van der Waals surface area contributed by atoms with Crippen molar-refractivity contribution in [3.8, 4) is 0 Å². The molecule has 0 aromatic carbocycles. The molecule has 0 aliphatic rings. The van der Waals surface area contributed by atoms with Crippen LogP contribution in [-0.4, -0.2) is 35.1 Å². The van der Waals surface area contributed by atoms with Gasteiger partial charge in [-0.25, -0.2) is 9.59 Å². The second kappa shape index (κ2) is 5.33. The number of amides is 1. The zero-order chi connectivity index (χ0) is 12.1. The van der Waals surface area contributed by atoms with E-state index in [4.69, 9.17) is 5.11 Å². The highest BCUT2D eigenvalue weighted by atomic mass is 16.5. The van der Waals surface area contributed by atoms with Crippen LogP contribution >= 0.6 is 0 Å². The van der Waals surface area contributed by atoms with E-state index in [1.54, 1.807) is 6.92 Å². The molecule has 15 heavy (non-hydrogen) atoms. The summed E-state index contributed by atoms with van der Waals surface area (Å²) in [6.45, 7) is 4.26. The molecule has 0 saturated heterocycles. The van der Waals surface area contributed by atoms with Gasteiger partial charge in [0.25, 0.3) is 0 Å². The van der Waals surface area contributed by atoms with Crippen LogP contribution in [0.3, 0.4) is 0 Å². The van der Waals surface area contributed by atoms with Gasteiger partial charge in [0, 0.05) is 6.92 Å². The minimum absolute atomic E-state index is 0.0629. The fraction of sp³-hybridized carbons (Fsp3) is 0.667. The molecule has 0 heterocycles. The molecular weight excluding hydrogens is 202 g/mol. The van der Waals surface area contributed by atoms with E-state index < -0.39 is 23.4 Å². The smallest absolute Gasteiger partial charge is 0.343 e. The summed E-state index contributed by atoms with van der Waals surface area (Å²) in [4.78, 5) is 33.3. The maximum atomic E-state index is 11.5. The zero-order valence-electron chi connectivity index (χ0n) is 8.99. The molecule has 0 rings (SSSR count). The lowest BCUT2D eigenvalue weighted by Crippen LogP contribution is -2.60. The molecule has 0 aliphatic heterocycles. The van der Waals surface area contributed by atoms with Crippen LogP contribution in [0.4, 0.5) is 0 Å². The molecule has 0 bridgehead atoms. The second-order valence-electron chi connectivity index (χ2n) is 2.97. The highest BCUT2D eigenvalue weighted by molar-refractivity contribution is 6.06. The summed E-state index contributed by atoms with van der Waals surface area (Å²) in [6.07, 6.45) is -0.0687. The van der Waals surface area contributed by atoms with E-state index in [-0.39, 0.29) is 13.0 Å². The van der Waals surface area contributed by atoms with Crippen molar-refractivity contribution in [2.75, 3.05) is 6.61 Å². The summed E-state index contributed by atoms with van der Waals surface area (Å²) < 4.78 is 4.63. The van der Waals surface area contributed by atoms with E-state index in [1.807, 2.05) is 0 Å². The monoisotopic (exact) mass is 217 g/mol. The molecule has 0 saturated carbocycles. The van der Waals surface area contributed by atoms with Gasteiger partial charge in [-0.2, -0.15) is 0 Å². The van der Waals surface area contributed by atoms with Gasteiger partial charge in [0.2, 0.25) is 11.4 Å². The summed E-state index contributed by atoms with van der Waals surface area (Å²) in [5, 5.41) is 11.1. The number of nitrogens with one attached hydrogen (secondary N) is 1. The topological polar surface area (TPSA) is 92.7 Å². The maximum absolute atomic E-state index is 11.5. The molecule has 1 unspecified atom stereocenters. The van der Waals surface area contributed by atoms with Crippen molar-refractivity contribution in [3.63, 3.8) is 0 Å². The first-order chi connectivity index (χ1) is 6.90. The van der Waals surface area contributed by atoms with E-state index in [2.05, 4.69) is 10.1 Å². The number of rotatable bonds is 5. The number of carboxylic acid groups (broad SMARTS) is 1. The number of carbonyl (C=O) groups is 3. The minimum atomic E-state index is -1.97. The van der Waals surface area contributed by atoms with E-state index in [0.717, 1.165) is 6.92 Å². The van der Waals surface area contributed by atoms with E-state index in [9.17, 15) is 14.4 Å². The Morgan fingerprint density at radius 2 is 1.87 bits per heavy atom. The molecule has 0 aliphatic carbocycles. The molecular formula is C9H15NO5. The van der Waals surface area contributed by atoms with Gasteiger partial charge >= 0.3 is 11.9 Å². The van der Waals surface area contributed by atoms with Crippen LogP contribution in [0.25, 0.3) is 0 Å². The van der Waals surface area contributed by atoms with Gasteiger partial charge in [0.1, 0.15) is 0 Å². The van der Waals surface area contributed by atoms with Crippen molar-refractivity contribution >= 4 is 17.8 Å². The molecule has 86 valence electrons. The predicted molar refractivity (Wildman–Crippen MR) is 51.1 cm³/mol. The van der Waals surface area contributed by atoms with Crippen molar-refractivity contribution in [2.45, 2.75) is 32.7 Å². The molecule has 0 aromatic rings. The number of aliphatic carboxylic acids is 1. The van der Waals surface area contributed by atoms with Crippen LogP contribution in [0.2, 0.25) is 0 Å². The Morgan fingerprint density at radius 3 is 2.13 bits per heavy atom. The van der Waals surface area contributed by atoms with Crippen LogP contribution < -0.4 is 5.32 Å². The lowest BCUT2D eigenvalue weighted by Gasteiger charge is -2.26. The summed E-state index contributed by atoms with van der Waals surface area (Å²) >= 11 is 0. The number of hydrogen-bond acceptors (Lipinski definition) is 4. The van der Waals surface area contributed by atoms with E-state index in [0.29, 0.717) is 0 Å². The molecule has 1 atom stereocenters. The number of carbonyl (C=O) groups excluding carboxylic acids is 2. The van der Waals surface area contributed by atoms with Crippen molar-refractivity contribution in [3.05, 3.63) is 0 Å². The van der Waals surface area contributed by atoms with Gasteiger partial charge < -0.3 is 15.2 Å². The Kier molecular flexibility index (Phi) is 4.77. The van der Waals surface area contributed by atoms with Crippen molar-refractivity contribution in [2.24, 2.45) is 0 Å². The van der Waals surface area contributed by atoms with Gasteiger partial charge in [-0.15, -0.1) is 0 Å².